The first-order chi connectivity index (χ1) is 13.6. The summed E-state index contributed by atoms with van der Waals surface area (Å²) in [7, 11) is 0. The predicted octanol–water partition coefficient (Wildman–Crippen LogP) is 3.19. The Morgan fingerprint density at radius 3 is 1.46 bits per heavy atom. The van der Waals surface area contributed by atoms with Gasteiger partial charge in [0.15, 0.2) is 0 Å². The maximum absolute atomic E-state index is 11.9. The zero-order valence-corrected chi connectivity index (χ0v) is 16.8. The van der Waals surface area contributed by atoms with Crippen molar-refractivity contribution in [3.63, 3.8) is 0 Å². The van der Waals surface area contributed by atoms with Crippen molar-refractivity contribution in [2.75, 3.05) is 39.5 Å². The minimum Gasteiger partial charge on any atom is -0.377 e. The lowest BCUT2D eigenvalue weighted by molar-refractivity contribution is 0.0486. The summed E-state index contributed by atoms with van der Waals surface area (Å²) in [5.41, 5.74) is 0.873. The van der Waals surface area contributed by atoms with Crippen molar-refractivity contribution < 1.29 is 19.1 Å². The van der Waals surface area contributed by atoms with Gasteiger partial charge in [-0.25, -0.2) is 0 Å². The summed E-state index contributed by atoms with van der Waals surface area (Å²) in [5, 5.41) is 6.30. The predicted molar refractivity (Wildman–Crippen MR) is 109 cm³/mol. The SMILES string of the molecule is O=C(NCCOCCOCCNC(=O)c1ccccc1Cl)c1ccccc1Cl. The Bertz CT molecular complexity index is 721. The number of benzene rings is 2. The van der Waals surface area contributed by atoms with Gasteiger partial charge in [0.25, 0.3) is 11.8 Å². The highest BCUT2D eigenvalue weighted by Crippen LogP contribution is 2.15. The van der Waals surface area contributed by atoms with E-state index in [1.54, 1.807) is 48.5 Å². The smallest absolute Gasteiger partial charge is 0.252 e. The van der Waals surface area contributed by atoms with Crippen LogP contribution in [0.3, 0.4) is 0 Å². The normalized spacial score (nSPS) is 10.5. The van der Waals surface area contributed by atoms with Gasteiger partial charge in [0.1, 0.15) is 0 Å². The lowest BCUT2D eigenvalue weighted by atomic mass is 10.2. The minimum absolute atomic E-state index is 0.236. The molecule has 2 amide bonds. The van der Waals surface area contributed by atoms with Crippen LogP contribution in [-0.4, -0.2) is 51.3 Å². The van der Waals surface area contributed by atoms with Crippen molar-refractivity contribution in [2.24, 2.45) is 0 Å². The zero-order chi connectivity index (χ0) is 20.2. The second kappa shape index (κ2) is 12.4. The lowest BCUT2D eigenvalue weighted by Crippen LogP contribution is -2.28. The van der Waals surface area contributed by atoms with Gasteiger partial charge in [-0.05, 0) is 24.3 Å². The van der Waals surface area contributed by atoms with Crippen LogP contribution in [0.1, 0.15) is 20.7 Å². The van der Waals surface area contributed by atoms with Crippen LogP contribution in [0.5, 0.6) is 0 Å². The van der Waals surface area contributed by atoms with Gasteiger partial charge in [0, 0.05) is 13.1 Å². The summed E-state index contributed by atoms with van der Waals surface area (Å²) in [6.45, 7) is 2.25. The Labute approximate surface area is 174 Å². The van der Waals surface area contributed by atoms with Gasteiger partial charge in [-0.15, -0.1) is 0 Å². The highest BCUT2D eigenvalue weighted by molar-refractivity contribution is 6.34. The highest BCUT2D eigenvalue weighted by Gasteiger charge is 2.09. The van der Waals surface area contributed by atoms with Gasteiger partial charge in [-0.2, -0.15) is 0 Å². The molecule has 150 valence electrons. The monoisotopic (exact) mass is 424 g/mol. The topological polar surface area (TPSA) is 76.7 Å². The molecule has 2 aromatic rings. The van der Waals surface area contributed by atoms with Gasteiger partial charge in [0.2, 0.25) is 0 Å². The first kappa shape index (κ1) is 22.2. The molecule has 2 aromatic carbocycles. The molecule has 0 unspecified atom stereocenters. The fourth-order valence-electron chi connectivity index (χ4n) is 2.28. The summed E-state index contributed by atoms with van der Waals surface area (Å²) in [5.74, 6) is -0.473. The number of ether oxygens (including phenoxy) is 2. The molecule has 0 aliphatic rings. The lowest BCUT2D eigenvalue weighted by Gasteiger charge is -2.09. The molecule has 0 aliphatic carbocycles. The molecule has 0 radical (unpaired) electrons. The summed E-state index contributed by atoms with van der Waals surface area (Å²) in [6.07, 6.45) is 0. The number of rotatable bonds is 11. The highest BCUT2D eigenvalue weighted by atomic mass is 35.5. The van der Waals surface area contributed by atoms with E-state index in [1.807, 2.05) is 0 Å². The van der Waals surface area contributed by atoms with Crippen LogP contribution < -0.4 is 10.6 Å². The Morgan fingerprint density at radius 2 is 1.07 bits per heavy atom. The van der Waals surface area contributed by atoms with Crippen LogP contribution >= 0.6 is 23.2 Å². The largest absolute Gasteiger partial charge is 0.377 e. The average Bonchev–Trinajstić information content (AvgIpc) is 2.69. The second-order valence-corrected chi connectivity index (χ2v) is 6.51. The third kappa shape index (κ3) is 7.48. The number of amides is 2. The molecule has 0 atom stereocenters. The second-order valence-electron chi connectivity index (χ2n) is 5.70. The molecule has 2 rings (SSSR count). The Balaban J connectivity index is 1.47. The number of hydrogen-bond acceptors (Lipinski definition) is 4. The van der Waals surface area contributed by atoms with E-state index in [0.29, 0.717) is 60.7 Å². The van der Waals surface area contributed by atoms with Crippen molar-refractivity contribution >= 4 is 35.0 Å². The van der Waals surface area contributed by atoms with E-state index in [0.717, 1.165) is 0 Å². The molecule has 0 spiro atoms. The minimum atomic E-state index is -0.236. The van der Waals surface area contributed by atoms with E-state index < -0.39 is 0 Å². The fourth-order valence-corrected chi connectivity index (χ4v) is 2.72. The number of carbonyl (C=O) groups excluding carboxylic acids is 2. The summed E-state index contributed by atoms with van der Waals surface area (Å²) in [6, 6.07) is 13.7. The number of nitrogens with one attached hydrogen (secondary N) is 2. The summed E-state index contributed by atoms with van der Waals surface area (Å²) in [4.78, 5) is 23.9. The molecule has 28 heavy (non-hydrogen) atoms. The van der Waals surface area contributed by atoms with Gasteiger partial charge in [-0.1, -0.05) is 47.5 Å². The molecule has 0 saturated heterocycles. The van der Waals surface area contributed by atoms with E-state index >= 15 is 0 Å². The molecule has 0 aromatic heterocycles. The molecule has 0 heterocycles. The van der Waals surface area contributed by atoms with Crippen LogP contribution in [0.4, 0.5) is 0 Å². The molecule has 0 aliphatic heterocycles. The van der Waals surface area contributed by atoms with Crippen LogP contribution in [0.2, 0.25) is 10.0 Å². The van der Waals surface area contributed by atoms with Crippen molar-refractivity contribution in [1.82, 2.24) is 10.6 Å². The van der Waals surface area contributed by atoms with Crippen LogP contribution in [0.25, 0.3) is 0 Å². The number of hydrogen-bond donors (Lipinski definition) is 2. The third-order valence-electron chi connectivity index (χ3n) is 3.67. The number of halogens is 2. The molecule has 6 nitrogen and oxygen atoms in total. The Hall–Kier alpha value is -2.12. The van der Waals surface area contributed by atoms with Gasteiger partial charge < -0.3 is 20.1 Å². The molecular weight excluding hydrogens is 403 g/mol. The first-order valence-electron chi connectivity index (χ1n) is 8.80. The van der Waals surface area contributed by atoms with Gasteiger partial charge in [0.05, 0.1) is 47.6 Å². The van der Waals surface area contributed by atoms with E-state index in [-0.39, 0.29) is 11.8 Å². The zero-order valence-electron chi connectivity index (χ0n) is 15.3. The van der Waals surface area contributed by atoms with Crippen molar-refractivity contribution in [2.45, 2.75) is 0 Å². The molecular formula is C20H22Cl2N2O4. The van der Waals surface area contributed by atoms with Crippen LogP contribution in [0.15, 0.2) is 48.5 Å². The summed E-state index contributed by atoms with van der Waals surface area (Å²) >= 11 is 11.9. The Morgan fingerprint density at radius 1 is 0.679 bits per heavy atom. The quantitative estimate of drug-likeness (QED) is 0.543. The fraction of sp³-hybridized carbons (Fsp3) is 0.300. The maximum Gasteiger partial charge on any atom is 0.252 e. The standard InChI is InChI=1S/C20H22Cl2N2O4/c21-17-7-3-1-5-15(17)19(25)23-9-11-27-13-14-28-12-10-24-20(26)16-6-2-4-8-18(16)22/h1-8H,9-14H2,(H,23,25)(H,24,26). The van der Waals surface area contributed by atoms with Crippen molar-refractivity contribution in [3.8, 4) is 0 Å². The average molecular weight is 425 g/mol. The van der Waals surface area contributed by atoms with Crippen LogP contribution in [-0.2, 0) is 9.47 Å². The Kier molecular flexibility index (Phi) is 9.79. The first-order valence-corrected chi connectivity index (χ1v) is 9.56. The van der Waals surface area contributed by atoms with E-state index in [1.165, 1.54) is 0 Å². The molecule has 2 N–H and O–H groups in total. The maximum atomic E-state index is 11.9. The van der Waals surface area contributed by atoms with Crippen molar-refractivity contribution in [3.05, 3.63) is 69.7 Å². The molecule has 0 fully saturated rings. The van der Waals surface area contributed by atoms with Crippen LogP contribution in [0, 0.1) is 0 Å². The van der Waals surface area contributed by atoms with E-state index in [9.17, 15) is 9.59 Å². The molecule has 8 heteroatoms. The number of carbonyl (C=O) groups is 2. The summed E-state index contributed by atoms with van der Waals surface area (Å²) < 4.78 is 10.8. The van der Waals surface area contributed by atoms with Gasteiger partial charge >= 0.3 is 0 Å². The molecule has 0 saturated carbocycles. The van der Waals surface area contributed by atoms with Gasteiger partial charge in [-0.3, -0.25) is 9.59 Å². The third-order valence-corrected chi connectivity index (χ3v) is 4.33. The molecule has 0 bridgehead atoms. The van der Waals surface area contributed by atoms with E-state index in [4.69, 9.17) is 32.7 Å². The van der Waals surface area contributed by atoms with E-state index in [2.05, 4.69) is 10.6 Å². The van der Waals surface area contributed by atoms with Crippen molar-refractivity contribution in [1.29, 1.82) is 0 Å².